The predicted octanol–water partition coefficient (Wildman–Crippen LogP) is -4.21. The van der Waals surface area contributed by atoms with E-state index in [-0.39, 0.29) is 5.36 Å². The lowest BCUT2D eigenvalue weighted by Crippen LogP contribution is -2.71. The molecule has 0 amide bonds. The molecule has 0 aliphatic carbocycles. The highest BCUT2D eigenvalue weighted by Crippen LogP contribution is 1.73. The van der Waals surface area contributed by atoms with E-state index >= 15 is 0 Å². The Morgan fingerprint density at radius 2 is 1.88 bits per heavy atom. The highest BCUT2D eigenvalue weighted by Gasteiger charge is 2.21. The van der Waals surface area contributed by atoms with Crippen molar-refractivity contribution < 1.29 is 4.99 Å². The summed E-state index contributed by atoms with van der Waals surface area (Å²) in [6.45, 7) is 2.56. The topological polar surface area (TPSA) is 82.7 Å². The Morgan fingerprint density at radius 3 is 2.50 bits per heavy atom. The van der Waals surface area contributed by atoms with Crippen LogP contribution in [0, 0.1) is 0 Å². The van der Waals surface area contributed by atoms with Crippen LogP contribution in [-0.2, 0) is 14.1 Å². The molecule has 84 valence electrons. The molecule has 0 bridgehead atoms. The lowest BCUT2D eigenvalue weighted by atomic mass is 10.5. The second-order valence-corrected chi connectivity index (χ2v) is 3.46. The monoisotopic (exact) mass is 222 g/mol. The first-order valence-electron chi connectivity index (χ1n) is 4.90. The normalized spacial score (nSPS) is 15.8. The molecule has 1 aromatic rings. The van der Waals surface area contributed by atoms with Crippen molar-refractivity contribution in [2.24, 2.45) is 24.1 Å². The Balaban J connectivity index is 2.98. The Labute approximate surface area is 90.1 Å². The molecule has 0 spiro atoms. The maximum absolute atomic E-state index is 11.7. The number of rotatable bonds is 1. The van der Waals surface area contributed by atoms with Crippen LogP contribution in [0.5, 0.6) is 0 Å². The molecule has 2 heterocycles. The van der Waals surface area contributed by atoms with Crippen molar-refractivity contribution in [3.63, 3.8) is 0 Å². The fraction of sp³-hybridized carbons (Fsp3) is 0.444. The van der Waals surface area contributed by atoms with E-state index in [4.69, 9.17) is 0 Å². The molecule has 1 N–H and O–H groups in total. The van der Waals surface area contributed by atoms with Gasteiger partial charge in [0.1, 0.15) is 0 Å². The fourth-order valence-electron chi connectivity index (χ4n) is 1.51. The largest absolute Gasteiger partial charge is 0.429 e. The number of nitrogens with one attached hydrogen (secondary N) is 1. The van der Waals surface area contributed by atoms with Crippen molar-refractivity contribution in [3.8, 4) is 0 Å². The number of guanidine groups is 1. The number of fused-ring (bicyclic) bond motifs is 1. The summed E-state index contributed by atoms with van der Waals surface area (Å²) in [7, 11) is 2.99. The minimum atomic E-state index is -0.422. The SMILES string of the molecule is CC[NH+]=C1N=c2c(=O)n(C)c(=O)n(C)c2=N1. The molecule has 0 unspecified atom stereocenters. The Bertz CT molecular complexity index is 707. The van der Waals surface area contributed by atoms with Crippen molar-refractivity contribution in [3.05, 3.63) is 31.7 Å². The lowest BCUT2D eigenvalue weighted by molar-refractivity contribution is -0.454. The second kappa shape index (κ2) is 3.51. The van der Waals surface area contributed by atoms with Gasteiger partial charge in [0.2, 0.25) is 0 Å². The summed E-state index contributed by atoms with van der Waals surface area (Å²) >= 11 is 0. The van der Waals surface area contributed by atoms with Gasteiger partial charge in [-0.3, -0.25) is 18.9 Å². The molecule has 0 aromatic carbocycles. The van der Waals surface area contributed by atoms with Gasteiger partial charge in [0.25, 0.3) is 10.8 Å². The molecule has 0 fully saturated rings. The summed E-state index contributed by atoms with van der Waals surface area (Å²) in [5, 5.41) is 0.209. The zero-order valence-corrected chi connectivity index (χ0v) is 9.31. The van der Waals surface area contributed by atoms with Gasteiger partial charge in [-0.05, 0) is 11.9 Å². The molecular weight excluding hydrogens is 210 g/mol. The maximum atomic E-state index is 11.7. The fourth-order valence-corrected chi connectivity index (χ4v) is 1.51. The highest BCUT2D eigenvalue weighted by molar-refractivity contribution is 5.77. The average molecular weight is 222 g/mol. The number of hydrogen-bond acceptors (Lipinski definition) is 2. The van der Waals surface area contributed by atoms with Gasteiger partial charge < -0.3 is 0 Å². The van der Waals surface area contributed by atoms with Crippen LogP contribution in [-0.4, -0.2) is 21.6 Å². The zero-order valence-electron chi connectivity index (χ0n) is 9.31. The Morgan fingerprint density at radius 1 is 1.19 bits per heavy atom. The molecule has 1 aliphatic heterocycles. The first kappa shape index (κ1) is 10.5. The van der Waals surface area contributed by atoms with Crippen LogP contribution < -0.4 is 27.1 Å². The smallest absolute Gasteiger partial charge is 0.272 e. The molecule has 0 saturated carbocycles. The summed E-state index contributed by atoms with van der Waals surface area (Å²) in [5.74, 6) is 0.371. The summed E-state index contributed by atoms with van der Waals surface area (Å²) < 4.78 is 2.33. The summed E-state index contributed by atoms with van der Waals surface area (Å²) in [4.78, 5) is 34.4. The number of nitrogens with zero attached hydrogens (tertiary/aromatic N) is 4. The van der Waals surface area contributed by atoms with E-state index in [1.54, 1.807) is 7.05 Å². The Hall–Kier alpha value is -2.05. The minimum absolute atomic E-state index is 0.209. The van der Waals surface area contributed by atoms with Gasteiger partial charge in [-0.25, -0.2) is 4.79 Å². The third-order valence-electron chi connectivity index (χ3n) is 2.37. The van der Waals surface area contributed by atoms with Crippen LogP contribution in [0.15, 0.2) is 19.6 Å². The molecule has 2 rings (SSSR count). The van der Waals surface area contributed by atoms with Crippen LogP contribution in [0.2, 0.25) is 0 Å². The first-order valence-corrected chi connectivity index (χ1v) is 4.90. The summed E-state index contributed by atoms with van der Waals surface area (Å²) in [6.07, 6.45) is 0. The van der Waals surface area contributed by atoms with E-state index in [0.717, 1.165) is 4.57 Å². The van der Waals surface area contributed by atoms with Crippen molar-refractivity contribution in [1.82, 2.24) is 9.13 Å². The lowest BCUT2D eigenvalue weighted by Gasteiger charge is -1.96. The third-order valence-corrected chi connectivity index (χ3v) is 2.37. The molecule has 1 aliphatic rings. The first-order chi connectivity index (χ1) is 7.56. The van der Waals surface area contributed by atoms with Gasteiger partial charge in [0.05, 0.1) is 6.54 Å². The van der Waals surface area contributed by atoms with E-state index < -0.39 is 11.2 Å². The molecule has 16 heavy (non-hydrogen) atoms. The van der Waals surface area contributed by atoms with E-state index in [1.807, 2.05) is 6.92 Å². The van der Waals surface area contributed by atoms with Gasteiger partial charge in [-0.1, -0.05) is 4.99 Å². The van der Waals surface area contributed by atoms with Crippen LogP contribution in [0.3, 0.4) is 0 Å². The molecule has 7 nitrogen and oxygen atoms in total. The summed E-state index contributed by atoms with van der Waals surface area (Å²) in [6, 6.07) is 0. The van der Waals surface area contributed by atoms with Crippen molar-refractivity contribution in [1.29, 1.82) is 0 Å². The van der Waals surface area contributed by atoms with Crippen LogP contribution in [0.4, 0.5) is 0 Å². The van der Waals surface area contributed by atoms with Crippen LogP contribution >= 0.6 is 0 Å². The van der Waals surface area contributed by atoms with Crippen LogP contribution in [0.25, 0.3) is 0 Å². The van der Waals surface area contributed by atoms with Crippen molar-refractivity contribution in [2.75, 3.05) is 6.54 Å². The third kappa shape index (κ3) is 1.32. The Kier molecular flexibility index (Phi) is 2.30. The number of hydrogen-bond donors (Lipinski definition) is 1. The molecule has 0 saturated heterocycles. The van der Waals surface area contributed by atoms with Crippen LogP contribution in [0.1, 0.15) is 6.92 Å². The molecule has 7 heteroatoms. The van der Waals surface area contributed by atoms with E-state index in [1.165, 1.54) is 11.6 Å². The van der Waals surface area contributed by atoms with E-state index in [0.29, 0.717) is 18.0 Å². The van der Waals surface area contributed by atoms with Crippen molar-refractivity contribution >= 4 is 5.96 Å². The van der Waals surface area contributed by atoms with Gasteiger partial charge in [-0.15, -0.1) is 0 Å². The van der Waals surface area contributed by atoms with Gasteiger partial charge >= 0.3 is 17.2 Å². The van der Waals surface area contributed by atoms with Gasteiger partial charge in [0.15, 0.2) is 0 Å². The second-order valence-electron chi connectivity index (χ2n) is 3.46. The van der Waals surface area contributed by atoms with E-state index in [2.05, 4.69) is 15.0 Å². The average Bonchev–Trinajstić information content (AvgIpc) is 2.68. The molecule has 0 radical (unpaired) electrons. The highest BCUT2D eigenvalue weighted by atomic mass is 16.2. The van der Waals surface area contributed by atoms with Crippen molar-refractivity contribution in [2.45, 2.75) is 6.92 Å². The standard InChI is InChI=1S/C9H11N5O2/c1-4-10-8-11-5-6(12-8)13(2)9(16)14(3)7(5)15/h4H2,1-3H3/p+1. The maximum Gasteiger partial charge on any atom is 0.429 e. The van der Waals surface area contributed by atoms with Gasteiger partial charge in [-0.2, -0.15) is 0 Å². The molecular formula is C9H12N5O2+. The zero-order chi connectivity index (χ0) is 11.9. The number of aromatic nitrogens is 2. The van der Waals surface area contributed by atoms with Gasteiger partial charge in [0, 0.05) is 14.1 Å². The summed E-state index contributed by atoms with van der Waals surface area (Å²) in [5.41, 5.74) is -0.515. The predicted molar refractivity (Wildman–Crippen MR) is 55.7 cm³/mol. The minimum Gasteiger partial charge on any atom is -0.272 e. The quantitative estimate of drug-likeness (QED) is 0.522. The van der Waals surface area contributed by atoms with E-state index in [9.17, 15) is 9.59 Å². The molecule has 1 aromatic heterocycles. The molecule has 0 atom stereocenters.